The van der Waals surface area contributed by atoms with E-state index in [-0.39, 0.29) is 12.6 Å². The lowest BCUT2D eigenvalue weighted by atomic mass is 10.1. The molecule has 0 saturated heterocycles. The lowest BCUT2D eigenvalue weighted by molar-refractivity contribution is 0.174. The molecule has 138 valence electrons. The molecule has 0 spiro atoms. The quantitative estimate of drug-likeness (QED) is 0.381. The highest BCUT2D eigenvalue weighted by atomic mass is 32.2. The van der Waals surface area contributed by atoms with Crippen molar-refractivity contribution in [2.45, 2.75) is 17.8 Å². The minimum atomic E-state index is -0.246. The molecule has 0 radical (unpaired) electrons. The molecule has 0 fully saturated rings. The smallest absolute Gasteiger partial charge is 0.240 e. The third-order valence-corrected chi connectivity index (χ3v) is 4.78. The standard InChI is InChI=1S/C18H16FN5O2S/c1-11(13-4-7-15-16(8-13)26-10-25-15)21-22-17-20-18(24-23-17)27-9-12-2-5-14(19)6-3-12/h2-8H,9-10H2,1H3,(H2,20,22,23,24)/b21-11+. The highest BCUT2D eigenvalue weighted by Crippen LogP contribution is 2.32. The van der Waals surface area contributed by atoms with Crippen molar-refractivity contribution >= 4 is 23.4 Å². The van der Waals surface area contributed by atoms with Gasteiger partial charge in [-0.3, -0.25) is 0 Å². The summed E-state index contributed by atoms with van der Waals surface area (Å²) in [6.07, 6.45) is 0. The van der Waals surface area contributed by atoms with Gasteiger partial charge in [-0.25, -0.2) is 14.9 Å². The highest BCUT2D eigenvalue weighted by molar-refractivity contribution is 7.98. The van der Waals surface area contributed by atoms with E-state index in [0.29, 0.717) is 22.6 Å². The van der Waals surface area contributed by atoms with Crippen LogP contribution in [0.15, 0.2) is 52.7 Å². The fraction of sp³-hybridized carbons (Fsp3) is 0.167. The monoisotopic (exact) mass is 385 g/mol. The number of hydrogen-bond acceptors (Lipinski definition) is 7. The Hall–Kier alpha value is -3.07. The second-order valence-corrected chi connectivity index (χ2v) is 6.70. The fourth-order valence-corrected chi connectivity index (χ4v) is 3.17. The van der Waals surface area contributed by atoms with Crippen molar-refractivity contribution in [1.82, 2.24) is 15.2 Å². The van der Waals surface area contributed by atoms with Crippen LogP contribution in [-0.4, -0.2) is 27.7 Å². The largest absolute Gasteiger partial charge is 0.454 e. The van der Waals surface area contributed by atoms with E-state index in [1.165, 1.54) is 23.9 Å². The lowest BCUT2D eigenvalue weighted by Gasteiger charge is -2.03. The van der Waals surface area contributed by atoms with Gasteiger partial charge >= 0.3 is 0 Å². The molecule has 0 amide bonds. The first-order valence-electron chi connectivity index (χ1n) is 8.17. The van der Waals surface area contributed by atoms with E-state index in [1.54, 1.807) is 12.1 Å². The molecular formula is C18H16FN5O2S. The average Bonchev–Trinajstić information content (AvgIpc) is 3.34. The molecule has 2 heterocycles. The molecular weight excluding hydrogens is 369 g/mol. The van der Waals surface area contributed by atoms with Crippen LogP contribution < -0.4 is 14.9 Å². The Morgan fingerprint density at radius 2 is 2.04 bits per heavy atom. The van der Waals surface area contributed by atoms with Gasteiger partial charge in [0.15, 0.2) is 11.5 Å². The van der Waals surface area contributed by atoms with Gasteiger partial charge in [0, 0.05) is 11.3 Å². The number of hydrazone groups is 1. The topological polar surface area (TPSA) is 84.4 Å². The molecule has 2 aromatic carbocycles. The molecule has 1 aromatic heterocycles. The normalized spacial score (nSPS) is 13.0. The Morgan fingerprint density at radius 3 is 2.89 bits per heavy atom. The third kappa shape index (κ3) is 4.20. The summed E-state index contributed by atoms with van der Waals surface area (Å²) in [5.74, 6) is 2.29. The number of hydrogen-bond donors (Lipinski definition) is 2. The number of ether oxygens (including phenoxy) is 2. The predicted octanol–water partition coefficient (Wildman–Crippen LogP) is 3.80. The summed E-state index contributed by atoms with van der Waals surface area (Å²) >= 11 is 1.45. The second kappa shape index (κ2) is 7.67. The molecule has 3 aromatic rings. The number of rotatable bonds is 6. The molecule has 0 bridgehead atoms. The molecule has 2 N–H and O–H groups in total. The number of nitrogens with zero attached hydrogens (tertiary/aromatic N) is 3. The lowest BCUT2D eigenvalue weighted by Crippen LogP contribution is -2.00. The van der Waals surface area contributed by atoms with Gasteiger partial charge < -0.3 is 9.47 Å². The summed E-state index contributed by atoms with van der Waals surface area (Å²) in [7, 11) is 0. The number of aromatic amines is 1. The molecule has 1 aliphatic rings. The van der Waals surface area contributed by atoms with E-state index in [4.69, 9.17) is 9.47 Å². The van der Waals surface area contributed by atoms with Gasteiger partial charge in [-0.15, -0.1) is 5.10 Å². The summed E-state index contributed by atoms with van der Waals surface area (Å²) in [5.41, 5.74) is 5.54. The number of halogens is 1. The molecule has 0 unspecified atom stereocenters. The fourth-order valence-electron chi connectivity index (χ4n) is 2.41. The Morgan fingerprint density at radius 1 is 1.22 bits per heavy atom. The first-order valence-corrected chi connectivity index (χ1v) is 9.16. The van der Waals surface area contributed by atoms with Crippen LogP contribution in [0, 0.1) is 5.82 Å². The number of nitrogens with one attached hydrogen (secondary N) is 2. The number of anilines is 1. The molecule has 9 heteroatoms. The summed E-state index contributed by atoms with van der Waals surface area (Å²) < 4.78 is 23.6. The number of benzene rings is 2. The van der Waals surface area contributed by atoms with Crippen LogP contribution in [0.3, 0.4) is 0 Å². The van der Waals surface area contributed by atoms with E-state index in [1.807, 2.05) is 25.1 Å². The van der Waals surface area contributed by atoms with Crippen LogP contribution >= 0.6 is 11.8 Å². The van der Waals surface area contributed by atoms with E-state index >= 15 is 0 Å². The number of aromatic nitrogens is 3. The van der Waals surface area contributed by atoms with Crippen LogP contribution in [0.25, 0.3) is 0 Å². The molecule has 1 aliphatic heterocycles. The number of fused-ring (bicyclic) bond motifs is 1. The zero-order valence-corrected chi connectivity index (χ0v) is 15.2. The van der Waals surface area contributed by atoms with Gasteiger partial charge in [0.2, 0.25) is 17.9 Å². The van der Waals surface area contributed by atoms with Crippen molar-refractivity contribution < 1.29 is 13.9 Å². The third-order valence-electron chi connectivity index (χ3n) is 3.87. The Kier molecular flexibility index (Phi) is 4.93. The minimum Gasteiger partial charge on any atom is -0.454 e. The van der Waals surface area contributed by atoms with Crippen molar-refractivity contribution in [3.63, 3.8) is 0 Å². The van der Waals surface area contributed by atoms with Gasteiger partial charge in [-0.2, -0.15) is 10.1 Å². The van der Waals surface area contributed by atoms with Crippen LogP contribution in [-0.2, 0) is 5.75 Å². The van der Waals surface area contributed by atoms with Crippen molar-refractivity contribution in [3.8, 4) is 11.5 Å². The molecule has 0 saturated carbocycles. The van der Waals surface area contributed by atoms with Crippen LogP contribution in [0.1, 0.15) is 18.1 Å². The van der Waals surface area contributed by atoms with Crippen molar-refractivity contribution in [3.05, 3.63) is 59.4 Å². The van der Waals surface area contributed by atoms with Gasteiger partial charge in [0.1, 0.15) is 5.82 Å². The van der Waals surface area contributed by atoms with Gasteiger partial charge in [0.05, 0.1) is 5.71 Å². The van der Waals surface area contributed by atoms with Crippen LogP contribution in [0.2, 0.25) is 0 Å². The average molecular weight is 385 g/mol. The van der Waals surface area contributed by atoms with Crippen LogP contribution in [0.5, 0.6) is 11.5 Å². The zero-order valence-electron chi connectivity index (χ0n) is 14.4. The van der Waals surface area contributed by atoms with Crippen molar-refractivity contribution in [2.75, 3.05) is 12.2 Å². The first kappa shape index (κ1) is 17.3. The van der Waals surface area contributed by atoms with Gasteiger partial charge in [0.25, 0.3) is 0 Å². The zero-order chi connectivity index (χ0) is 18.6. The Labute approximate surface area is 159 Å². The summed E-state index contributed by atoms with van der Waals surface area (Å²) in [4.78, 5) is 4.33. The summed E-state index contributed by atoms with van der Waals surface area (Å²) in [5, 5.41) is 11.8. The molecule has 0 atom stereocenters. The first-order chi connectivity index (χ1) is 13.2. The maximum absolute atomic E-state index is 12.9. The second-order valence-electron chi connectivity index (χ2n) is 5.76. The predicted molar refractivity (Wildman–Crippen MR) is 101 cm³/mol. The Balaban J connectivity index is 1.36. The maximum Gasteiger partial charge on any atom is 0.240 e. The van der Waals surface area contributed by atoms with E-state index in [9.17, 15) is 4.39 Å². The van der Waals surface area contributed by atoms with Crippen molar-refractivity contribution in [1.29, 1.82) is 0 Å². The maximum atomic E-state index is 12.9. The molecule has 0 aliphatic carbocycles. The van der Waals surface area contributed by atoms with E-state index in [2.05, 4.69) is 25.7 Å². The van der Waals surface area contributed by atoms with Crippen LogP contribution in [0.4, 0.5) is 10.3 Å². The van der Waals surface area contributed by atoms with E-state index < -0.39 is 0 Å². The minimum absolute atomic E-state index is 0.240. The summed E-state index contributed by atoms with van der Waals surface area (Å²) in [6.45, 7) is 2.12. The van der Waals surface area contributed by atoms with Gasteiger partial charge in [-0.05, 0) is 42.8 Å². The van der Waals surface area contributed by atoms with Gasteiger partial charge in [-0.1, -0.05) is 23.9 Å². The number of H-pyrrole nitrogens is 1. The molecule has 4 rings (SSSR count). The van der Waals surface area contributed by atoms with Crippen molar-refractivity contribution in [2.24, 2.45) is 5.10 Å². The van der Waals surface area contributed by atoms with E-state index in [0.717, 1.165) is 22.6 Å². The molecule has 27 heavy (non-hydrogen) atoms. The SMILES string of the molecule is C/C(=N\Nc1nc(SCc2ccc(F)cc2)n[nH]1)c1ccc2c(c1)OCO2. The summed E-state index contributed by atoms with van der Waals surface area (Å²) in [6, 6.07) is 12.0. The number of thioether (sulfide) groups is 1. The Bertz CT molecular complexity index is 974. The highest BCUT2D eigenvalue weighted by Gasteiger charge is 2.14. The molecule has 7 nitrogen and oxygen atoms in total.